The van der Waals surface area contributed by atoms with Gasteiger partial charge in [-0.1, -0.05) is 0 Å². The molecule has 2 aliphatic heterocycles. The molecule has 1 aromatic heterocycles. The van der Waals surface area contributed by atoms with Crippen molar-refractivity contribution < 1.29 is 33.6 Å². The number of fused-ring (bicyclic) bond motifs is 3. The van der Waals surface area contributed by atoms with Crippen molar-refractivity contribution >= 4 is 16.9 Å². The molecule has 1 N–H and O–H groups in total. The van der Waals surface area contributed by atoms with Crippen molar-refractivity contribution in [3.63, 3.8) is 0 Å². The molecule has 9 nitrogen and oxygen atoms in total. The van der Waals surface area contributed by atoms with Crippen LogP contribution >= 0.6 is 0 Å². The van der Waals surface area contributed by atoms with Crippen LogP contribution in [0.3, 0.4) is 0 Å². The van der Waals surface area contributed by atoms with E-state index in [0.717, 1.165) is 0 Å². The second-order valence-electron chi connectivity index (χ2n) is 6.79. The van der Waals surface area contributed by atoms with Crippen LogP contribution < -0.4 is 24.4 Å². The summed E-state index contributed by atoms with van der Waals surface area (Å²) in [5.74, 6) is 0.461. The van der Waals surface area contributed by atoms with Crippen molar-refractivity contribution in [1.29, 1.82) is 0 Å². The summed E-state index contributed by atoms with van der Waals surface area (Å²) in [6.07, 6.45) is 0.339. The van der Waals surface area contributed by atoms with Crippen LogP contribution in [0.4, 0.5) is 0 Å². The molecule has 0 unspecified atom stereocenters. The van der Waals surface area contributed by atoms with E-state index in [1.165, 1.54) is 14.2 Å². The number of hydrogen-bond donors (Lipinski definition) is 1. The lowest BCUT2D eigenvalue weighted by Crippen LogP contribution is -2.30. The number of benzene rings is 2. The van der Waals surface area contributed by atoms with E-state index in [1.807, 2.05) is 0 Å². The Morgan fingerprint density at radius 3 is 2.30 bits per heavy atom. The molecule has 9 heteroatoms. The van der Waals surface area contributed by atoms with Crippen molar-refractivity contribution in [3.05, 3.63) is 45.7 Å². The molecule has 30 heavy (non-hydrogen) atoms. The van der Waals surface area contributed by atoms with Crippen LogP contribution in [0.2, 0.25) is 0 Å². The van der Waals surface area contributed by atoms with Gasteiger partial charge < -0.3 is 33.4 Å². The maximum Gasteiger partial charge on any atom is 0.343 e. The summed E-state index contributed by atoms with van der Waals surface area (Å²) in [4.78, 5) is 25.7. The summed E-state index contributed by atoms with van der Waals surface area (Å²) < 4.78 is 28.4. The standard InChI is InChI=1S/C21H17NO8/c1-26-16-5-10(6-17(27-2)20(16)24)22-12-3-4-28-21(25)18(12)19(23)11-7-14-15(8-13(11)22)30-9-29-14/h5-8,24H,3-4,9H2,1-2H3. The molecule has 0 fully saturated rings. The highest BCUT2D eigenvalue weighted by atomic mass is 16.7. The first-order valence-electron chi connectivity index (χ1n) is 9.17. The average molecular weight is 411 g/mol. The molecule has 2 aliphatic rings. The summed E-state index contributed by atoms with van der Waals surface area (Å²) >= 11 is 0. The minimum Gasteiger partial charge on any atom is -0.502 e. The van der Waals surface area contributed by atoms with Crippen molar-refractivity contribution in [2.45, 2.75) is 6.42 Å². The summed E-state index contributed by atoms with van der Waals surface area (Å²) in [5.41, 5.74) is 1.09. The van der Waals surface area contributed by atoms with E-state index in [2.05, 4.69) is 0 Å². The minimum absolute atomic E-state index is 0.0291. The number of aromatic hydroxyl groups is 1. The van der Waals surface area contributed by atoms with E-state index in [0.29, 0.717) is 34.8 Å². The molecule has 3 heterocycles. The smallest absolute Gasteiger partial charge is 0.343 e. The molecule has 0 saturated heterocycles. The third-order valence-electron chi connectivity index (χ3n) is 5.26. The lowest BCUT2D eigenvalue weighted by Gasteiger charge is -2.24. The van der Waals surface area contributed by atoms with Crippen molar-refractivity contribution in [2.75, 3.05) is 27.6 Å². The van der Waals surface area contributed by atoms with Crippen molar-refractivity contribution in [3.8, 4) is 34.4 Å². The zero-order valence-corrected chi connectivity index (χ0v) is 16.2. The number of ether oxygens (including phenoxy) is 5. The van der Waals surface area contributed by atoms with Crippen molar-refractivity contribution in [1.82, 2.24) is 4.57 Å². The van der Waals surface area contributed by atoms with Crippen LogP contribution in [-0.4, -0.2) is 43.3 Å². The number of phenols is 1. The Kier molecular flexibility index (Phi) is 3.99. The molecule has 0 bridgehead atoms. The van der Waals surface area contributed by atoms with Crippen LogP contribution in [0.15, 0.2) is 29.1 Å². The monoisotopic (exact) mass is 411 g/mol. The lowest BCUT2D eigenvalue weighted by molar-refractivity contribution is 0.0474. The molecule has 0 aliphatic carbocycles. The molecule has 0 spiro atoms. The second-order valence-corrected chi connectivity index (χ2v) is 6.79. The molecule has 154 valence electrons. The molecule has 5 rings (SSSR count). The molecule has 0 radical (unpaired) electrons. The molecular formula is C21H17NO8. The number of nitrogens with zero attached hydrogens (tertiary/aromatic N) is 1. The van der Waals surface area contributed by atoms with E-state index < -0.39 is 11.4 Å². The van der Waals surface area contributed by atoms with Crippen LogP contribution in [0.25, 0.3) is 16.6 Å². The summed E-state index contributed by atoms with van der Waals surface area (Å²) in [6.45, 7) is 0.191. The van der Waals surface area contributed by atoms with E-state index in [1.54, 1.807) is 28.8 Å². The number of carbonyl (C=O) groups is 1. The predicted octanol–water partition coefficient (Wildman–Crippen LogP) is 2.16. The van der Waals surface area contributed by atoms with E-state index in [4.69, 9.17) is 23.7 Å². The number of carbonyl (C=O) groups excluding carboxylic acids is 1. The van der Waals surface area contributed by atoms with Gasteiger partial charge in [-0.25, -0.2) is 4.79 Å². The van der Waals surface area contributed by atoms with Crippen LogP contribution in [-0.2, 0) is 11.2 Å². The highest BCUT2D eigenvalue weighted by Crippen LogP contribution is 2.41. The van der Waals surface area contributed by atoms with E-state index in [9.17, 15) is 14.7 Å². The Bertz CT molecular complexity index is 1250. The number of methoxy groups -OCH3 is 2. The summed E-state index contributed by atoms with van der Waals surface area (Å²) in [7, 11) is 2.85. The average Bonchev–Trinajstić information content (AvgIpc) is 3.21. The number of aromatic nitrogens is 1. The highest BCUT2D eigenvalue weighted by molar-refractivity contribution is 5.97. The zero-order chi connectivity index (χ0) is 21.0. The molecule has 0 atom stereocenters. The Balaban J connectivity index is 1.94. The van der Waals surface area contributed by atoms with E-state index in [-0.39, 0.29) is 41.6 Å². The van der Waals surface area contributed by atoms with Gasteiger partial charge in [-0.05, 0) is 6.07 Å². The Morgan fingerprint density at radius 1 is 0.967 bits per heavy atom. The summed E-state index contributed by atoms with van der Waals surface area (Å²) in [6, 6.07) is 6.47. The first kappa shape index (κ1) is 18.2. The molecule has 0 saturated carbocycles. The number of hydrogen-bond acceptors (Lipinski definition) is 8. The summed E-state index contributed by atoms with van der Waals surface area (Å²) in [5, 5.41) is 10.6. The van der Waals surface area contributed by atoms with Gasteiger partial charge in [-0.15, -0.1) is 0 Å². The number of rotatable bonds is 3. The maximum absolute atomic E-state index is 13.2. The number of pyridine rings is 1. The van der Waals surface area contributed by atoms with Gasteiger partial charge in [0.1, 0.15) is 5.56 Å². The van der Waals surface area contributed by atoms with Gasteiger partial charge in [0, 0.05) is 30.3 Å². The zero-order valence-electron chi connectivity index (χ0n) is 16.2. The highest BCUT2D eigenvalue weighted by Gasteiger charge is 2.30. The van der Waals surface area contributed by atoms with Crippen LogP contribution in [0, 0.1) is 0 Å². The van der Waals surface area contributed by atoms with Crippen LogP contribution in [0.1, 0.15) is 16.1 Å². The minimum atomic E-state index is -0.674. The number of phenolic OH excluding ortho intramolecular Hbond substituents is 1. The van der Waals surface area contributed by atoms with Gasteiger partial charge in [-0.3, -0.25) is 4.79 Å². The largest absolute Gasteiger partial charge is 0.502 e. The third kappa shape index (κ3) is 2.48. The third-order valence-corrected chi connectivity index (χ3v) is 5.26. The molecule has 3 aromatic rings. The molecular weight excluding hydrogens is 394 g/mol. The van der Waals surface area contributed by atoms with Gasteiger partial charge in [0.25, 0.3) is 0 Å². The number of cyclic esters (lactones) is 1. The fourth-order valence-corrected chi connectivity index (χ4v) is 3.88. The van der Waals surface area contributed by atoms with Crippen LogP contribution in [0.5, 0.6) is 28.7 Å². The fraction of sp³-hybridized carbons (Fsp3) is 0.238. The topological polar surface area (TPSA) is 105 Å². The first-order chi connectivity index (χ1) is 14.5. The molecule has 2 aromatic carbocycles. The second kappa shape index (κ2) is 6.58. The van der Waals surface area contributed by atoms with Crippen molar-refractivity contribution in [2.24, 2.45) is 0 Å². The van der Waals surface area contributed by atoms with E-state index >= 15 is 0 Å². The fourth-order valence-electron chi connectivity index (χ4n) is 3.88. The SMILES string of the molecule is COc1cc(-n2c3c(c(=O)c4cc5c(cc42)OCO5)C(=O)OCC3)cc(OC)c1O. The molecule has 0 amide bonds. The Labute approximate surface area is 169 Å². The number of esters is 1. The lowest BCUT2D eigenvalue weighted by atomic mass is 10.0. The Hall–Kier alpha value is -3.88. The van der Waals surface area contributed by atoms with Gasteiger partial charge in [0.2, 0.25) is 18.0 Å². The van der Waals surface area contributed by atoms with Gasteiger partial charge in [-0.2, -0.15) is 0 Å². The van der Waals surface area contributed by atoms with Gasteiger partial charge in [0.15, 0.2) is 23.0 Å². The Morgan fingerprint density at radius 2 is 1.63 bits per heavy atom. The van der Waals surface area contributed by atoms with Gasteiger partial charge in [0.05, 0.1) is 37.4 Å². The normalized spacial score (nSPS) is 14.4. The predicted molar refractivity (Wildman–Crippen MR) is 104 cm³/mol. The maximum atomic E-state index is 13.2. The van der Waals surface area contributed by atoms with Gasteiger partial charge >= 0.3 is 5.97 Å². The quantitative estimate of drug-likeness (QED) is 0.654. The first-order valence-corrected chi connectivity index (χ1v) is 9.17.